The molecule has 2 aromatic heterocycles. The first-order valence-electron chi connectivity index (χ1n) is 8.84. The van der Waals surface area contributed by atoms with E-state index in [0.29, 0.717) is 17.8 Å². The van der Waals surface area contributed by atoms with Crippen LogP contribution in [0.3, 0.4) is 0 Å². The van der Waals surface area contributed by atoms with E-state index in [1.807, 2.05) is 20.2 Å². The van der Waals surface area contributed by atoms with Crippen LogP contribution in [0.1, 0.15) is 57.3 Å². The zero-order valence-electron chi connectivity index (χ0n) is 14.3. The number of hydrogen-bond donors (Lipinski definition) is 0. The average molecular weight is 328 g/mol. The molecule has 1 saturated heterocycles. The van der Waals surface area contributed by atoms with E-state index in [9.17, 15) is 0 Å². The van der Waals surface area contributed by atoms with Crippen LogP contribution in [-0.4, -0.2) is 43.9 Å². The van der Waals surface area contributed by atoms with E-state index in [1.54, 1.807) is 12.4 Å². The third kappa shape index (κ3) is 3.07. The van der Waals surface area contributed by atoms with Crippen molar-refractivity contribution in [2.24, 2.45) is 0 Å². The first-order valence-corrected chi connectivity index (χ1v) is 8.84. The highest BCUT2D eigenvalue weighted by Gasteiger charge is 2.32. The second-order valence-corrected chi connectivity index (χ2v) is 6.96. The normalized spacial score (nSPS) is 21.3. The maximum absolute atomic E-state index is 5.85. The van der Waals surface area contributed by atoms with Crippen LogP contribution >= 0.6 is 0 Å². The van der Waals surface area contributed by atoms with Gasteiger partial charge in [0.2, 0.25) is 0 Å². The summed E-state index contributed by atoms with van der Waals surface area (Å²) in [5.74, 6) is 2.97. The van der Waals surface area contributed by atoms with Gasteiger partial charge >= 0.3 is 0 Å². The van der Waals surface area contributed by atoms with Gasteiger partial charge in [-0.3, -0.25) is 0 Å². The van der Waals surface area contributed by atoms with Gasteiger partial charge < -0.3 is 14.2 Å². The lowest BCUT2D eigenvalue weighted by molar-refractivity contribution is 0.231. The second kappa shape index (κ2) is 6.37. The molecule has 4 rings (SSSR count). The molecule has 0 radical (unpaired) electrons. The zero-order chi connectivity index (χ0) is 16.5. The molecule has 1 saturated carbocycles. The van der Waals surface area contributed by atoms with Crippen molar-refractivity contribution in [3.05, 3.63) is 24.5 Å². The van der Waals surface area contributed by atoms with E-state index in [0.717, 1.165) is 37.6 Å². The molecule has 0 aromatic carbocycles. The SMILES string of the molecule is CC(C)Oc1nccnc1N1CCC[C@@H](c2nncn2C2CC2)C1. The van der Waals surface area contributed by atoms with Gasteiger partial charge in [0.25, 0.3) is 5.88 Å². The van der Waals surface area contributed by atoms with Crippen LogP contribution in [0.5, 0.6) is 5.88 Å². The zero-order valence-corrected chi connectivity index (χ0v) is 14.3. The topological polar surface area (TPSA) is 69.0 Å². The van der Waals surface area contributed by atoms with Gasteiger partial charge in [0.1, 0.15) is 12.2 Å². The third-order valence-corrected chi connectivity index (χ3v) is 4.62. The van der Waals surface area contributed by atoms with Crippen LogP contribution in [-0.2, 0) is 0 Å². The molecular weight excluding hydrogens is 304 g/mol. The van der Waals surface area contributed by atoms with E-state index >= 15 is 0 Å². The summed E-state index contributed by atoms with van der Waals surface area (Å²) in [7, 11) is 0. The van der Waals surface area contributed by atoms with Crippen molar-refractivity contribution in [1.82, 2.24) is 24.7 Å². The molecule has 0 amide bonds. The molecule has 1 aliphatic heterocycles. The summed E-state index contributed by atoms with van der Waals surface area (Å²) in [5, 5.41) is 8.57. The van der Waals surface area contributed by atoms with Gasteiger partial charge in [0.05, 0.1) is 6.10 Å². The van der Waals surface area contributed by atoms with Crippen LogP contribution in [0.2, 0.25) is 0 Å². The monoisotopic (exact) mass is 328 g/mol. The summed E-state index contributed by atoms with van der Waals surface area (Å²) >= 11 is 0. The van der Waals surface area contributed by atoms with E-state index in [1.165, 1.54) is 12.8 Å². The standard InChI is InChI=1S/C17H24N6O/c1-12(2)24-17-16(18-7-8-19-17)22-9-3-4-13(10-22)15-21-20-11-23(15)14-5-6-14/h7-8,11-14H,3-6,9-10H2,1-2H3/t13-/m1/s1. The minimum Gasteiger partial charge on any atom is -0.472 e. The van der Waals surface area contributed by atoms with Crippen molar-refractivity contribution in [3.8, 4) is 5.88 Å². The summed E-state index contributed by atoms with van der Waals surface area (Å²) < 4.78 is 8.12. The molecular formula is C17H24N6O. The van der Waals surface area contributed by atoms with Crippen molar-refractivity contribution in [2.45, 2.75) is 57.6 Å². The Bertz CT molecular complexity index is 696. The molecule has 2 fully saturated rings. The van der Waals surface area contributed by atoms with Gasteiger partial charge in [0, 0.05) is 37.4 Å². The van der Waals surface area contributed by atoms with Gasteiger partial charge in [0.15, 0.2) is 5.82 Å². The molecule has 0 unspecified atom stereocenters. The predicted molar refractivity (Wildman–Crippen MR) is 90.3 cm³/mol. The minimum atomic E-state index is 0.0824. The number of aromatic nitrogens is 5. The van der Waals surface area contributed by atoms with Crippen molar-refractivity contribution in [2.75, 3.05) is 18.0 Å². The van der Waals surface area contributed by atoms with E-state index in [-0.39, 0.29) is 6.10 Å². The maximum Gasteiger partial charge on any atom is 0.257 e. The van der Waals surface area contributed by atoms with Crippen molar-refractivity contribution < 1.29 is 4.74 Å². The summed E-state index contributed by atoms with van der Waals surface area (Å²) in [6.45, 7) is 5.88. The van der Waals surface area contributed by atoms with E-state index in [2.05, 4.69) is 29.6 Å². The predicted octanol–water partition coefficient (Wildman–Crippen LogP) is 2.57. The first kappa shape index (κ1) is 15.4. The molecule has 0 bridgehead atoms. The molecule has 2 aliphatic rings. The van der Waals surface area contributed by atoms with Crippen LogP contribution in [0, 0.1) is 0 Å². The Morgan fingerprint density at radius 1 is 1.17 bits per heavy atom. The molecule has 128 valence electrons. The first-order chi connectivity index (χ1) is 11.7. The molecule has 1 aliphatic carbocycles. The summed E-state index contributed by atoms with van der Waals surface area (Å²) in [4.78, 5) is 11.2. The van der Waals surface area contributed by atoms with Gasteiger partial charge in [-0.1, -0.05) is 0 Å². The fraction of sp³-hybridized carbons (Fsp3) is 0.647. The lowest BCUT2D eigenvalue weighted by Gasteiger charge is -2.33. The Balaban J connectivity index is 1.56. The van der Waals surface area contributed by atoms with Crippen LogP contribution in [0.25, 0.3) is 0 Å². The average Bonchev–Trinajstić information content (AvgIpc) is 3.31. The van der Waals surface area contributed by atoms with Gasteiger partial charge in [-0.2, -0.15) is 0 Å². The Kier molecular flexibility index (Phi) is 4.08. The van der Waals surface area contributed by atoms with Gasteiger partial charge in [-0.05, 0) is 39.5 Å². The molecule has 2 aromatic rings. The number of ether oxygens (including phenoxy) is 1. The fourth-order valence-electron chi connectivity index (χ4n) is 3.40. The Hall–Kier alpha value is -2.18. The van der Waals surface area contributed by atoms with Crippen molar-refractivity contribution >= 4 is 5.82 Å². The molecule has 3 heterocycles. The number of rotatable bonds is 5. The van der Waals surface area contributed by atoms with Crippen LogP contribution < -0.4 is 9.64 Å². The van der Waals surface area contributed by atoms with Gasteiger partial charge in [-0.15, -0.1) is 10.2 Å². The van der Waals surface area contributed by atoms with Crippen LogP contribution in [0.4, 0.5) is 5.82 Å². The summed E-state index contributed by atoms with van der Waals surface area (Å²) in [6, 6.07) is 0.613. The lowest BCUT2D eigenvalue weighted by atomic mass is 9.97. The van der Waals surface area contributed by atoms with Crippen molar-refractivity contribution in [3.63, 3.8) is 0 Å². The molecule has 0 N–H and O–H groups in total. The smallest absolute Gasteiger partial charge is 0.257 e. The number of nitrogens with zero attached hydrogens (tertiary/aromatic N) is 6. The largest absolute Gasteiger partial charge is 0.472 e. The molecule has 24 heavy (non-hydrogen) atoms. The van der Waals surface area contributed by atoms with E-state index in [4.69, 9.17) is 4.74 Å². The quantitative estimate of drug-likeness (QED) is 0.840. The molecule has 7 heteroatoms. The Morgan fingerprint density at radius 3 is 2.79 bits per heavy atom. The van der Waals surface area contributed by atoms with Crippen LogP contribution in [0.15, 0.2) is 18.7 Å². The van der Waals surface area contributed by atoms with Gasteiger partial charge in [-0.25, -0.2) is 9.97 Å². The second-order valence-electron chi connectivity index (χ2n) is 6.96. The Labute approximate surface area is 142 Å². The number of piperidine rings is 1. The number of anilines is 1. The summed E-state index contributed by atoms with van der Waals surface area (Å²) in [6.07, 6.45) is 10.1. The molecule has 7 nitrogen and oxygen atoms in total. The summed E-state index contributed by atoms with van der Waals surface area (Å²) in [5.41, 5.74) is 0. The highest BCUT2D eigenvalue weighted by molar-refractivity contribution is 5.48. The Morgan fingerprint density at radius 2 is 2.00 bits per heavy atom. The lowest BCUT2D eigenvalue weighted by Crippen LogP contribution is -2.36. The van der Waals surface area contributed by atoms with Crippen molar-refractivity contribution in [1.29, 1.82) is 0 Å². The highest BCUT2D eigenvalue weighted by Crippen LogP contribution is 2.38. The third-order valence-electron chi connectivity index (χ3n) is 4.62. The molecule has 0 spiro atoms. The maximum atomic E-state index is 5.85. The highest BCUT2D eigenvalue weighted by atomic mass is 16.5. The van der Waals surface area contributed by atoms with E-state index < -0.39 is 0 Å². The fourth-order valence-corrected chi connectivity index (χ4v) is 3.40. The number of hydrogen-bond acceptors (Lipinski definition) is 6. The molecule has 1 atom stereocenters. The minimum absolute atomic E-state index is 0.0824.